The van der Waals surface area contributed by atoms with E-state index in [4.69, 9.17) is 0 Å². The molecule has 2 aromatic rings. The first kappa shape index (κ1) is 19.0. The van der Waals surface area contributed by atoms with E-state index in [1.165, 1.54) is 11.1 Å². The maximum Gasteiger partial charge on any atom is 0.283 e. The van der Waals surface area contributed by atoms with Crippen LogP contribution in [0.2, 0.25) is 0 Å². The van der Waals surface area contributed by atoms with Crippen LogP contribution in [0, 0.1) is 23.2 Å². The summed E-state index contributed by atoms with van der Waals surface area (Å²) in [6, 6.07) is 7.33. The lowest BCUT2D eigenvalue weighted by atomic mass is 9.45. The number of hydrogen-bond acceptors (Lipinski definition) is 4. The third-order valence-corrected chi connectivity index (χ3v) is 8.70. The molecular weight excluding hydrogens is 430 g/mol. The van der Waals surface area contributed by atoms with E-state index in [9.17, 15) is 9.59 Å². The Morgan fingerprint density at radius 2 is 1.97 bits per heavy atom. The van der Waals surface area contributed by atoms with Crippen molar-refractivity contribution in [1.29, 1.82) is 0 Å². The van der Waals surface area contributed by atoms with Gasteiger partial charge in [-0.2, -0.15) is 5.10 Å². The first-order valence-corrected chi connectivity index (χ1v) is 11.2. The van der Waals surface area contributed by atoms with E-state index in [1.807, 2.05) is 24.3 Å². The molecule has 5 nitrogen and oxygen atoms in total. The number of nitrogens with one attached hydrogen (secondary N) is 1. The summed E-state index contributed by atoms with van der Waals surface area (Å²) < 4.78 is 1.80. The van der Waals surface area contributed by atoms with E-state index in [-0.39, 0.29) is 11.3 Å². The number of rotatable bonds is 3. The monoisotopic (exact) mass is 455 g/mol. The van der Waals surface area contributed by atoms with Gasteiger partial charge in [-0.25, -0.2) is 4.68 Å². The summed E-state index contributed by atoms with van der Waals surface area (Å²) in [5.74, 6) is 1.98. The van der Waals surface area contributed by atoms with Crippen molar-refractivity contribution in [3.63, 3.8) is 0 Å². The summed E-state index contributed by atoms with van der Waals surface area (Å²) >= 11 is 3.48. The first-order valence-electron chi connectivity index (χ1n) is 10.4. The SMILES string of the molecule is C[C@H]1[C@H](Nc2cnn(C3Cc4ccccc4C3=O)c(=O)c2Br)C[C@H]2C[C@@H]1C2(C)C. The van der Waals surface area contributed by atoms with Crippen molar-refractivity contribution >= 4 is 27.4 Å². The van der Waals surface area contributed by atoms with Crippen LogP contribution in [0.3, 0.4) is 0 Å². The van der Waals surface area contributed by atoms with Gasteiger partial charge in [0.15, 0.2) is 5.78 Å². The number of aromatic nitrogens is 2. The molecule has 6 rings (SSSR count). The van der Waals surface area contributed by atoms with Crippen LogP contribution < -0.4 is 10.9 Å². The van der Waals surface area contributed by atoms with E-state index in [1.54, 1.807) is 6.20 Å². The van der Waals surface area contributed by atoms with Crippen LogP contribution in [0.25, 0.3) is 0 Å². The van der Waals surface area contributed by atoms with Crippen molar-refractivity contribution in [2.75, 3.05) is 5.32 Å². The van der Waals surface area contributed by atoms with Gasteiger partial charge in [0, 0.05) is 18.0 Å². The minimum atomic E-state index is -0.563. The summed E-state index contributed by atoms with van der Waals surface area (Å²) in [6.45, 7) is 7.08. The molecule has 1 N–H and O–H groups in total. The van der Waals surface area contributed by atoms with Crippen LogP contribution in [-0.4, -0.2) is 21.6 Å². The van der Waals surface area contributed by atoms with Crippen LogP contribution in [0.4, 0.5) is 5.69 Å². The number of ketones is 1. The highest BCUT2D eigenvalue weighted by molar-refractivity contribution is 9.10. The summed E-state index contributed by atoms with van der Waals surface area (Å²) in [5.41, 5.74) is 2.57. The smallest absolute Gasteiger partial charge is 0.283 e. The molecule has 1 aromatic heterocycles. The van der Waals surface area contributed by atoms with E-state index in [0.29, 0.717) is 33.8 Å². The molecule has 0 aliphatic heterocycles. The maximum atomic E-state index is 13.0. The molecule has 0 spiro atoms. The second-order valence-electron chi connectivity index (χ2n) is 9.57. The van der Waals surface area contributed by atoms with Crippen molar-refractivity contribution < 1.29 is 4.79 Å². The molecule has 1 aromatic carbocycles. The summed E-state index contributed by atoms with van der Waals surface area (Å²) in [5, 5.41) is 7.97. The van der Waals surface area contributed by atoms with Gasteiger partial charge >= 0.3 is 0 Å². The molecule has 6 heteroatoms. The Kier molecular flexibility index (Phi) is 4.28. The molecule has 4 aliphatic carbocycles. The predicted molar refractivity (Wildman–Crippen MR) is 116 cm³/mol. The molecule has 2 bridgehead atoms. The number of carbonyl (C=O) groups excluding carboxylic acids is 1. The molecule has 0 radical (unpaired) electrons. The lowest BCUT2D eigenvalue weighted by molar-refractivity contribution is -0.105. The molecule has 0 saturated heterocycles. The number of hydrogen-bond donors (Lipinski definition) is 1. The number of fused-ring (bicyclic) bond motifs is 3. The fourth-order valence-electron chi connectivity index (χ4n) is 5.92. The van der Waals surface area contributed by atoms with Gasteiger partial charge in [0.1, 0.15) is 10.5 Å². The van der Waals surface area contributed by atoms with Crippen LogP contribution in [-0.2, 0) is 6.42 Å². The molecule has 0 amide bonds. The molecule has 3 fully saturated rings. The van der Waals surface area contributed by atoms with Gasteiger partial charge in [-0.3, -0.25) is 9.59 Å². The Bertz CT molecular complexity index is 1060. The quantitative estimate of drug-likeness (QED) is 0.741. The Morgan fingerprint density at radius 1 is 1.21 bits per heavy atom. The molecule has 1 unspecified atom stereocenters. The van der Waals surface area contributed by atoms with E-state index in [0.717, 1.165) is 29.5 Å². The topological polar surface area (TPSA) is 64.0 Å². The van der Waals surface area contributed by atoms with Crippen molar-refractivity contribution in [2.24, 2.45) is 23.2 Å². The summed E-state index contributed by atoms with van der Waals surface area (Å²) in [4.78, 5) is 25.8. The second-order valence-corrected chi connectivity index (χ2v) is 10.4. The zero-order valence-corrected chi connectivity index (χ0v) is 18.6. The third kappa shape index (κ3) is 2.75. The van der Waals surface area contributed by atoms with Crippen LogP contribution in [0.5, 0.6) is 0 Å². The van der Waals surface area contributed by atoms with Crippen molar-refractivity contribution in [3.05, 3.63) is 56.4 Å². The van der Waals surface area contributed by atoms with E-state index >= 15 is 0 Å². The van der Waals surface area contributed by atoms with Crippen LogP contribution >= 0.6 is 15.9 Å². The summed E-state index contributed by atoms with van der Waals surface area (Å²) in [6.07, 6.45) is 4.65. The zero-order valence-electron chi connectivity index (χ0n) is 17.0. The average Bonchev–Trinajstić information content (AvgIpc) is 3.03. The molecule has 1 heterocycles. The number of benzene rings is 1. The van der Waals surface area contributed by atoms with Gasteiger partial charge in [0.05, 0.1) is 11.9 Å². The molecule has 4 aliphatic rings. The summed E-state index contributed by atoms with van der Waals surface area (Å²) in [7, 11) is 0. The van der Waals surface area contributed by atoms with Crippen molar-refractivity contribution in [1.82, 2.24) is 9.78 Å². The van der Waals surface area contributed by atoms with Gasteiger partial charge in [-0.05, 0) is 57.5 Å². The zero-order chi connectivity index (χ0) is 20.5. The van der Waals surface area contributed by atoms with E-state index < -0.39 is 6.04 Å². The fraction of sp³-hybridized carbons (Fsp3) is 0.522. The van der Waals surface area contributed by atoms with Gasteiger partial charge in [0.2, 0.25) is 0 Å². The number of anilines is 1. The Morgan fingerprint density at radius 3 is 2.66 bits per heavy atom. The standard InChI is InChI=1S/C23H26BrN3O2/c1-12-16-9-14(23(16,2)3)10-17(12)26-18-11-25-27(22(29)20(18)24)19-8-13-6-4-5-7-15(13)21(19)28/h4-7,11-12,14,16-17,19,26H,8-10H2,1-3H3/t12-,14-,16+,17-,19?/m1/s1. The molecule has 29 heavy (non-hydrogen) atoms. The van der Waals surface area contributed by atoms with Crippen LogP contribution in [0.15, 0.2) is 39.7 Å². The molecule has 152 valence electrons. The van der Waals surface area contributed by atoms with Gasteiger partial charge in [-0.15, -0.1) is 0 Å². The molecular formula is C23H26BrN3O2. The first-order chi connectivity index (χ1) is 13.8. The minimum Gasteiger partial charge on any atom is -0.380 e. The third-order valence-electron chi connectivity index (χ3n) is 7.93. The molecule has 5 atom stereocenters. The number of halogens is 1. The van der Waals surface area contributed by atoms with Crippen molar-refractivity contribution in [2.45, 2.75) is 52.1 Å². The average molecular weight is 456 g/mol. The second kappa shape index (κ2) is 6.53. The number of carbonyl (C=O) groups is 1. The highest BCUT2D eigenvalue weighted by atomic mass is 79.9. The highest BCUT2D eigenvalue weighted by Gasteiger charge is 2.56. The predicted octanol–water partition coefficient (Wildman–Crippen LogP) is 4.47. The van der Waals surface area contributed by atoms with E-state index in [2.05, 4.69) is 47.1 Å². The lowest BCUT2D eigenvalue weighted by Gasteiger charge is -2.62. The number of nitrogens with zero attached hydrogens (tertiary/aromatic N) is 2. The normalized spacial score (nSPS) is 31.9. The molecule has 3 saturated carbocycles. The van der Waals surface area contributed by atoms with Crippen LogP contribution in [0.1, 0.15) is 55.6 Å². The fourth-order valence-corrected chi connectivity index (χ4v) is 6.32. The Labute approximate surface area is 179 Å². The highest BCUT2D eigenvalue weighted by Crippen LogP contribution is 2.61. The van der Waals surface area contributed by atoms with Gasteiger partial charge in [-0.1, -0.05) is 45.0 Å². The maximum absolute atomic E-state index is 13.0. The Hall–Kier alpha value is -1.95. The minimum absolute atomic E-state index is 0.0361. The van der Waals surface area contributed by atoms with Gasteiger partial charge < -0.3 is 5.32 Å². The Balaban J connectivity index is 1.39. The number of Topliss-reactive ketones (excluding diaryl/α,β-unsaturated/α-hetero) is 1. The lowest BCUT2D eigenvalue weighted by Crippen LogP contribution is -2.58. The van der Waals surface area contributed by atoms with Gasteiger partial charge in [0.25, 0.3) is 5.56 Å². The van der Waals surface area contributed by atoms with Crippen molar-refractivity contribution in [3.8, 4) is 0 Å². The largest absolute Gasteiger partial charge is 0.380 e.